The van der Waals surface area contributed by atoms with Crippen molar-refractivity contribution in [2.24, 2.45) is 0 Å². The normalized spacial score (nSPS) is 25.5. The number of Topliss-reactive ketones (excluding diaryl/α,β-unsaturated/α-hetero) is 1. The van der Waals surface area contributed by atoms with Crippen LogP contribution in [0.2, 0.25) is 0 Å². The van der Waals surface area contributed by atoms with E-state index in [1.807, 2.05) is 11.4 Å². The summed E-state index contributed by atoms with van der Waals surface area (Å²) < 4.78 is 5.73. The number of hydrogen-bond acceptors (Lipinski definition) is 5. The molecule has 1 aliphatic heterocycles. The highest BCUT2D eigenvalue weighted by atomic mass is 32.1. The number of nitrogens with zero attached hydrogens (tertiary/aromatic N) is 1. The van der Waals surface area contributed by atoms with Crippen LogP contribution in [0.4, 0.5) is 0 Å². The van der Waals surface area contributed by atoms with Gasteiger partial charge in [-0.1, -0.05) is 6.07 Å². The molecule has 0 aromatic carbocycles. The quantitative estimate of drug-likeness (QED) is 0.833. The smallest absolute Gasteiger partial charge is 0.234 e. The number of fused-ring (bicyclic) bond motifs is 1. The lowest BCUT2D eigenvalue weighted by Crippen LogP contribution is -2.52. The summed E-state index contributed by atoms with van der Waals surface area (Å²) in [5, 5.41) is 4.60. The van der Waals surface area contributed by atoms with Crippen molar-refractivity contribution in [3.8, 4) is 0 Å². The van der Waals surface area contributed by atoms with Crippen molar-refractivity contribution in [1.82, 2.24) is 10.2 Å². The van der Waals surface area contributed by atoms with Gasteiger partial charge >= 0.3 is 0 Å². The minimum Gasteiger partial charge on any atom is -0.375 e. The first-order valence-corrected chi connectivity index (χ1v) is 8.31. The van der Waals surface area contributed by atoms with Gasteiger partial charge in [0.1, 0.15) is 0 Å². The summed E-state index contributed by atoms with van der Waals surface area (Å²) in [5.41, 5.74) is 0. The van der Waals surface area contributed by atoms with Gasteiger partial charge in [0.15, 0.2) is 5.78 Å². The van der Waals surface area contributed by atoms with Gasteiger partial charge in [-0.15, -0.1) is 11.3 Å². The predicted octanol–water partition coefficient (Wildman–Crippen LogP) is 1.30. The van der Waals surface area contributed by atoms with Gasteiger partial charge in [0.25, 0.3) is 0 Å². The Kier molecular flexibility index (Phi) is 4.67. The van der Waals surface area contributed by atoms with Crippen LogP contribution in [0, 0.1) is 0 Å². The molecule has 6 heteroatoms. The van der Waals surface area contributed by atoms with Crippen LogP contribution in [0.1, 0.15) is 28.9 Å². The van der Waals surface area contributed by atoms with Gasteiger partial charge in [0.05, 0.1) is 30.7 Å². The second-order valence-corrected chi connectivity index (χ2v) is 6.50. The highest BCUT2D eigenvalue weighted by Crippen LogP contribution is 2.29. The first kappa shape index (κ1) is 14.7. The van der Waals surface area contributed by atoms with Crippen LogP contribution in [-0.4, -0.2) is 55.0 Å². The fourth-order valence-electron chi connectivity index (χ4n) is 3.15. The third-order valence-corrected chi connectivity index (χ3v) is 5.10. The first-order chi connectivity index (χ1) is 10.2. The Morgan fingerprint density at radius 3 is 3.14 bits per heavy atom. The lowest BCUT2D eigenvalue weighted by Gasteiger charge is -2.37. The summed E-state index contributed by atoms with van der Waals surface area (Å²) in [6.07, 6.45) is 3.66. The molecule has 0 bridgehead atoms. The largest absolute Gasteiger partial charge is 0.375 e. The Morgan fingerprint density at radius 1 is 1.43 bits per heavy atom. The van der Waals surface area contributed by atoms with Gasteiger partial charge in [0.2, 0.25) is 5.91 Å². The molecular formula is C15H20N2O3S. The van der Waals surface area contributed by atoms with Crippen molar-refractivity contribution in [2.75, 3.05) is 26.2 Å². The summed E-state index contributed by atoms with van der Waals surface area (Å²) in [4.78, 5) is 26.8. The van der Waals surface area contributed by atoms with E-state index in [1.54, 1.807) is 6.07 Å². The Bertz CT molecular complexity index is 503. The molecule has 114 valence electrons. The zero-order valence-corrected chi connectivity index (χ0v) is 12.7. The molecule has 1 N–H and O–H groups in total. The molecule has 1 aromatic heterocycles. The van der Waals surface area contributed by atoms with Gasteiger partial charge in [-0.3, -0.25) is 14.5 Å². The van der Waals surface area contributed by atoms with E-state index < -0.39 is 0 Å². The van der Waals surface area contributed by atoms with E-state index in [0.717, 1.165) is 19.4 Å². The molecule has 1 saturated carbocycles. The molecule has 0 spiro atoms. The zero-order chi connectivity index (χ0) is 14.7. The number of carbonyl (C=O) groups is 2. The number of carbonyl (C=O) groups excluding carboxylic acids is 2. The monoisotopic (exact) mass is 308 g/mol. The molecule has 2 atom stereocenters. The fourth-order valence-corrected chi connectivity index (χ4v) is 3.81. The highest BCUT2D eigenvalue weighted by molar-refractivity contribution is 7.12. The van der Waals surface area contributed by atoms with Crippen molar-refractivity contribution >= 4 is 23.0 Å². The van der Waals surface area contributed by atoms with Crippen LogP contribution >= 0.6 is 11.3 Å². The maximum absolute atomic E-state index is 12.0. The zero-order valence-electron chi connectivity index (χ0n) is 11.9. The number of hydrogen-bond donors (Lipinski definition) is 1. The van der Waals surface area contributed by atoms with Crippen molar-refractivity contribution in [1.29, 1.82) is 0 Å². The lowest BCUT2D eigenvalue weighted by atomic mass is 10.1. The summed E-state index contributed by atoms with van der Waals surface area (Å²) in [6.45, 7) is 1.94. The second kappa shape index (κ2) is 6.68. The van der Waals surface area contributed by atoms with E-state index in [1.165, 1.54) is 17.8 Å². The highest BCUT2D eigenvalue weighted by Gasteiger charge is 2.36. The van der Waals surface area contributed by atoms with E-state index in [9.17, 15) is 9.59 Å². The molecule has 0 radical (unpaired) electrons. The molecular weight excluding hydrogens is 288 g/mol. The average molecular weight is 308 g/mol. The van der Waals surface area contributed by atoms with E-state index in [-0.39, 0.29) is 18.2 Å². The standard InChI is InChI=1S/C15H20N2O3S/c18-12(14-5-2-8-21-14)9-16-15(19)10-17-6-7-20-13-4-1-3-11(13)17/h2,5,8,11,13H,1,3-4,6-7,9-10H2,(H,16,19). The number of morpholine rings is 1. The maximum atomic E-state index is 12.0. The van der Waals surface area contributed by atoms with Crippen LogP contribution in [0.25, 0.3) is 0 Å². The third-order valence-electron chi connectivity index (χ3n) is 4.19. The number of rotatable bonds is 5. The number of nitrogens with one attached hydrogen (secondary N) is 1. The Balaban J connectivity index is 1.46. The summed E-state index contributed by atoms with van der Waals surface area (Å²) in [6, 6.07) is 4.00. The van der Waals surface area contributed by atoms with Crippen molar-refractivity contribution in [3.63, 3.8) is 0 Å². The van der Waals surface area contributed by atoms with Crippen LogP contribution in [0.3, 0.4) is 0 Å². The molecule has 1 saturated heterocycles. The molecule has 2 fully saturated rings. The topological polar surface area (TPSA) is 58.6 Å². The fraction of sp³-hybridized carbons (Fsp3) is 0.600. The molecule has 2 heterocycles. The molecule has 3 rings (SSSR count). The molecule has 5 nitrogen and oxygen atoms in total. The predicted molar refractivity (Wildman–Crippen MR) is 80.6 cm³/mol. The molecule has 1 amide bonds. The lowest BCUT2D eigenvalue weighted by molar-refractivity contribution is -0.126. The van der Waals surface area contributed by atoms with Crippen molar-refractivity contribution in [2.45, 2.75) is 31.4 Å². The minimum absolute atomic E-state index is 0.0286. The first-order valence-electron chi connectivity index (χ1n) is 7.43. The molecule has 1 aliphatic carbocycles. The van der Waals surface area contributed by atoms with E-state index >= 15 is 0 Å². The van der Waals surface area contributed by atoms with E-state index in [0.29, 0.717) is 30.2 Å². The van der Waals surface area contributed by atoms with Crippen LogP contribution < -0.4 is 5.32 Å². The van der Waals surface area contributed by atoms with Crippen molar-refractivity contribution < 1.29 is 14.3 Å². The molecule has 2 unspecified atom stereocenters. The molecule has 21 heavy (non-hydrogen) atoms. The summed E-state index contributed by atoms with van der Waals surface area (Å²) in [5.74, 6) is -0.105. The van der Waals surface area contributed by atoms with E-state index in [4.69, 9.17) is 4.74 Å². The van der Waals surface area contributed by atoms with Crippen LogP contribution in [0.15, 0.2) is 17.5 Å². The van der Waals surface area contributed by atoms with Gasteiger partial charge in [0, 0.05) is 12.6 Å². The minimum atomic E-state index is -0.0764. The Hall–Kier alpha value is -1.24. The number of ether oxygens (including phenoxy) is 1. The number of ketones is 1. The van der Waals surface area contributed by atoms with Gasteiger partial charge in [-0.25, -0.2) is 0 Å². The van der Waals surface area contributed by atoms with Crippen LogP contribution in [0.5, 0.6) is 0 Å². The SMILES string of the molecule is O=C(CN1CCOC2CCCC21)NCC(=O)c1cccs1. The van der Waals surface area contributed by atoms with Crippen LogP contribution in [-0.2, 0) is 9.53 Å². The van der Waals surface area contributed by atoms with Gasteiger partial charge in [-0.05, 0) is 30.7 Å². The Labute approximate surface area is 128 Å². The van der Waals surface area contributed by atoms with Gasteiger partial charge in [-0.2, -0.15) is 0 Å². The Morgan fingerprint density at radius 2 is 2.33 bits per heavy atom. The summed E-state index contributed by atoms with van der Waals surface area (Å²) >= 11 is 1.40. The van der Waals surface area contributed by atoms with Crippen molar-refractivity contribution in [3.05, 3.63) is 22.4 Å². The molecule has 2 aliphatic rings. The number of amides is 1. The average Bonchev–Trinajstić information content (AvgIpc) is 3.16. The second-order valence-electron chi connectivity index (χ2n) is 5.56. The van der Waals surface area contributed by atoms with Gasteiger partial charge < -0.3 is 10.1 Å². The summed E-state index contributed by atoms with van der Waals surface area (Å²) in [7, 11) is 0. The molecule has 1 aromatic rings. The van der Waals surface area contributed by atoms with E-state index in [2.05, 4.69) is 10.2 Å². The maximum Gasteiger partial charge on any atom is 0.234 e. The number of thiophene rings is 1. The third kappa shape index (κ3) is 3.51.